The highest BCUT2D eigenvalue weighted by Gasteiger charge is 2.43. The Hall–Kier alpha value is -1.27. The van der Waals surface area contributed by atoms with Gasteiger partial charge in [-0.05, 0) is 13.3 Å². The monoisotopic (exact) mass is 241 g/mol. The van der Waals surface area contributed by atoms with Crippen LogP contribution >= 0.6 is 0 Å². The second-order valence-electron chi connectivity index (χ2n) is 3.12. The Morgan fingerprint density at radius 3 is 2.25 bits per heavy atom. The standard InChI is InChI=1S/C5H6F3NO.C4H8O2/c6-5(7,8)3-1-2-4(10)9-3;1-3-6-4(2)5/h3H,1-2H2,(H,9,10);3H2,1-2H3. The summed E-state index contributed by atoms with van der Waals surface area (Å²) in [5, 5.41) is 1.83. The molecule has 0 bridgehead atoms. The average Bonchev–Trinajstić information content (AvgIpc) is 2.51. The van der Waals surface area contributed by atoms with Crippen LogP contribution in [0.2, 0.25) is 0 Å². The molecule has 0 spiro atoms. The zero-order chi connectivity index (χ0) is 12.8. The van der Waals surface area contributed by atoms with Gasteiger partial charge < -0.3 is 10.1 Å². The molecule has 1 unspecified atom stereocenters. The lowest BCUT2D eigenvalue weighted by Crippen LogP contribution is -2.38. The van der Waals surface area contributed by atoms with E-state index in [1.807, 2.05) is 5.32 Å². The predicted octanol–water partition coefficient (Wildman–Crippen LogP) is 1.40. The summed E-state index contributed by atoms with van der Waals surface area (Å²) in [4.78, 5) is 20.1. The van der Waals surface area contributed by atoms with Gasteiger partial charge in [-0.25, -0.2) is 0 Å². The van der Waals surface area contributed by atoms with Crippen molar-refractivity contribution < 1.29 is 27.5 Å². The minimum absolute atomic E-state index is 0.00975. The summed E-state index contributed by atoms with van der Waals surface area (Å²) in [6.45, 7) is 3.65. The molecule has 1 saturated heterocycles. The fourth-order valence-corrected chi connectivity index (χ4v) is 1.06. The molecular weight excluding hydrogens is 227 g/mol. The molecule has 94 valence electrons. The maximum Gasteiger partial charge on any atom is 0.408 e. The number of alkyl halides is 3. The number of esters is 1. The molecule has 0 aromatic carbocycles. The molecule has 1 amide bonds. The number of hydrogen-bond acceptors (Lipinski definition) is 3. The Kier molecular flexibility index (Phi) is 5.84. The Labute approximate surface area is 91.1 Å². The fraction of sp³-hybridized carbons (Fsp3) is 0.778. The van der Waals surface area contributed by atoms with Crippen LogP contribution < -0.4 is 5.32 Å². The van der Waals surface area contributed by atoms with Crippen LogP contribution in [0, 0.1) is 0 Å². The molecule has 1 aliphatic rings. The third-order valence-electron chi connectivity index (χ3n) is 1.74. The minimum atomic E-state index is -4.27. The number of halogens is 3. The Morgan fingerprint density at radius 2 is 2.12 bits per heavy atom. The van der Waals surface area contributed by atoms with Crippen molar-refractivity contribution >= 4 is 11.9 Å². The number of carbonyl (C=O) groups excluding carboxylic acids is 2. The molecule has 0 aromatic rings. The number of ether oxygens (including phenoxy) is 1. The van der Waals surface area contributed by atoms with E-state index >= 15 is 0 Å². The zero-order valence-corrected chi connectivity index (χ0v) is 9.06. The first-order valence-electron chi connectivity index (χ1n) is 4.76. The van der Waals surface area contributed by atoms with Crippen LogP contribution in [0.25, 0.3) is 0 Å². The SMILES string of the molecule is CCOC(C)=O.O=C1CCC(C(F)(F)F)N1. The maximum atomic E-state index is 11.7. The quantitative estimate of drug-likeness (QED) is 0.706. The third kappa shape index (κ3) is 6.26. The molecule has 1 fully saturated rings. The predicted molar refractivity (Wildman–Crippen MR) is 49.5 cm³/mol. The number of amides is 1. The van der Waals surface area contributed by atoms with E-state index in [9.17, 15) is 22.8 Å². The van der Waals surface area contributed by atoms with Crippen molar-refractivity contribution in [1.29, 1.82) is 0 Å². The lowest BCUT2D eigenvalue weighted by Gasteiger charge is -2.12. The van der Waals surface area contributed by atoms with E-state index in [4.69, 9.17) is 0 Å². The summed E-state index contributed by atoms with van der Waals surface area (Å²) < 4.78 is 39.6. The van der Waals surface area contributed by atoms with Gasteiger partial charge in [-0.3, -0.25) is 9.59 Å². The largest absolute Gasteiger partial charge is 0.466 e. The molecule has 1 rings (SSSR count). The lowest BCUT2D eigenvalue weighted by molar-refractivity contribution is -0.154. The van der Waals surface area contributed by atoms with Gasteiger partial charge in [0.15, 0.2) is 0 Å². The smallest absolute Gasteiger partial charge is 0.408 e. The first-order valence-corrected chi connectivity index (χ1v) is 4.76. The Morgan fingerprint density at radius 1 is 1.56 bits per heavy atom. The summed E-state index contributed by atoms with van der Waals surface area (Å²) in [5.74, 6) is -0.722. The topological polar surface area (TPSA) is 55.4 Å². The van der Waals surface area contributed by atoms with E-state index in [-0.39, 0.29) is 18.8 Å². The Bertz CT molecular complexity index is 253. The van der Waals surface area contributed by atoms with Crippen molar-refractivity contribution in [2.45, 2.75) is 38.9 Å². The minimum Gasteiger partial charge on any atom is -0.466 e. The maximum absolute atomic E-state index is 11.7. The first-order chi connectivity index (χ1) is 7.27. The second kappa shape index (κ2) is 6.34. The summed E-state index contributed by atoms with van der Waals surface area (Å²) >= 11 is 0. The van der Waals surface area contributed by atoms with Gasteiger partial charge in [0.25, 0.3) is 0 Å². The summed E-state index contributed by atoms with van der Waals surface area (Å²) in [7, 11) is 0. The van der Waals surface area contributed by atoms with Gasteiger partial charge >= 0.3 is 12.1 Å². The number of hydrogen-bond donors (Lipinski definition) is 1. The number of carbonyl (C=O) groups is 2. The number of nitrogens with one attached hydrogen (secondary N) is 1. The van der Waals surface area contributed by atoms with E-state index in [0.717, 1.165) is 0 Å². The van der Waals surface area contributed by atoms with Gasteiger partial charge in [-0.2, -0.15) is 13.2 Å². The molecule has 1 atom stereocenters. The van der Waals surface area contributed by atoms with Crippen LogP contribution in [0.1, 0.15) is 26.7 Å². The van der Waals surface area contributed by atoms with Crippen LogP contribution in [0.4, 0.5) is 13.2 Å². The molecule has 1 heterocycles. The average molecular weight is 241 g/mol. The lowest BCUT2D eigenvalue weighted by atomic mass is 10.2. The first kappa shape index (κ1) is 14.7. The van der Waals surface area contributed by atoms with Gasteiger partial charge in [0, 0.05) is 13.3 Å². The molecule has 0 saturated carbocycles. The van der Waals surface area contributed by atoms with E-state index < -0.39 is 18.1 Å². The van der Waals surface area contributed by atoms with E-state index in [1.165, 1.54) is 6.92 Å². The normalized spacial score (nSPS) is 19.6. The second-order valence-corrected chi connectivity index (χ2v) is 3.12. The van der Waals surface area contributed by atoms with Crippen LogP contribution in [0.15, 0.2) is 0 Å². The third-order valence-corrected chi connectivity index (χ3v) is 1.74. The van der Waals surface area contributed by atoms with Gasteiger partial charge in [-0.15, -0.1) is 0 Å². The molecule has 7 heteroatoms. The number of rotatable bonds is 1. The van der Waals surface area contributed by atoms with E-state index in [0.29, 0.717) is 6.61 Å². The summed E-state index contributed by atoms with van der Waals surface area (Å²) in [6, 6.07) is -1.61. The highest BCUT2D eigenvalue weighted by molar-refractivity contribution is 5.78. The molecule has 1 N–H and O–H groups in total. The van der Waals surface area contributed by atoms with Crippen LogP contribution in [0.5, 0.6) is 0 Å². The van der Waals surface area contributed by atoms with Gasteiger partial charge in [-0.1, -0.05) is 0 Å². The molecule has 0 aromatic heterocycles. The molecule has 0 radical (unpaired) electrons. The molecule has 4 nitrogen and oxygen atoms in total. The van der Waals surface area contributed by atoms with Crippen molar-refractivity contribution in [1.82, 2.24) is 5.32 Å². The Balaban J connectivity index is 0.000000325. The van der Waals surface area contributed by atoms with Crippen molar-refractivity contribution in [3.8, 4) is 0 Å². The fourth-order valence-electron chi connectivity index (χ4n) is 1.06. The van der Waals surface area contributed by atoms with E-state index in [2.05, 4.69) is 4.74 Å². The van der Waals surface area contributed by atoms with Gasteiger partial charge in [0.2, 0.25) is 5.91 Å². The van der Waals surface area contributed by atoms with E-state index in [1.54, 1.807) is 6.92 Å². The van der Waals surface area contributed by atoms with Gasteiger partial charge in [0.1, 0.15) is 6.04 Å². The summed E-state index contributed by atoms with van der Waals surface area (Å²) in [6.07, 6.45) is -4.40. The van der Waals surface area contributed by atoms with Gasteiger partial charge in [0.05, 0.1) is 6.61 Å². The summed E-state index contributed by atoms with van der Waals surface area (Å²) in [5.41, 5.74) is 0. The molecular formula is C9H14F3NO3. The zero-order valence-electron chi connectivity index (χ0n) is 9.06. The van der Waals surface area contributed by atoms with Crippen LogP contribution in [0.3, 0.4) is 0 Å². The van der Waals surface area contributed by atoms with Crippen molar-refractivity contribution in [3.05, 3.63) is 0 Å². The van der Waals surface area contributed by atoms with Crippen molar-refractivity contribution in [3.63, 3.8) is 0 Å². The van der Waals surface area contributed by atoms with Crippen molar-refractivity contribution in [2.75, 3.05) is 6.61 Å². The molecule has 16 heavy (non-hydrogen) atoms. The van der Waals surface area contributed by atoms with Crippen LogP contribution in [-0.2, 0) is 14.3 Å². The molecule has 0 aliphatic carbocycles. The highest BCUT2D eigenvalue weighted by atomic mass is 19.4. The highest BCUT2D eigenvalue weighted by Crippen LogP contribution is 2.26. The van der Waals surface area contributed by atoms with Crippen LogP contribution in [-0.4, -0.2) is 30.7 Å². The van der Waals surface area contributed by atoms with Crippen molar-refractivity contribution in [2.24, 2.45) is 0 Å². The molecule has 1 aliphatic heterocycles.